The largest absolute Gasteiger partial charge is 0.271 e. The molecule has 2 aromatic carbocycles. The van der Waals surface area contributed by atoms with Crippen molar-refractivity contribution in [3.05, 3.63) is 90.0 Å². The Hall–Kier alpha value is -3.59. The highest BCUT2D eigenvalue weighted by Crippen LogP contribution is 2.24. The summed E-state index contributed by atoms with van der Waals surface area (Å²) in [5.41, 5.74) is 4.07. The lowest BCUT2D eigenvalue weighted by molar-refractivity contribution is -0.119. The fraction of sp³-hybridized carbons (Fsp3) is 0.0952. The van der Waals surface area contributed by atoms with Gasteiger partial charge in [0.25, 0.3) is 15.9 Å². The lowest BCUT2D eigenvalue weighted by Gasteiger charge is -2.23. The van der Waals surface area contributed by atoms with E-state index in [4.69, 9.17) is 0 Å². The predicted octanol–water partition coefficient (Wildman–Crippen LogP) is 2.87. The molecule has 0 radical (unpaired) electrons. The van der Waals surface area contributed by atoms with E-state index in [1.165, 1.54) is 30.5 Å². The Kier molecular flexibility index (Phi) is 6.53. The second-order valence-corrected chi connectivity index (χ2v) is 8.24. The van der Waals surface area contributed by atoms with E-state index in [-0.39, 0.29) is 10.6 Å². The number of hydrazone groups is 1. The highest BCUT2D eigenvalue weighted by atomic mass is 32.2. The molecule has 0 spiro atoms. The van der Waals surface area contributed by atoms with E-state index in [9.17, 15) is 17.6 Å². The molecule has 0 unspecified atom stereocenters. The van der Waals surface area contributed by atoms with Crippen LogP contribution in [0.1, 0.15) is 11.1 Å². The number of anilines is 1. The van der Waals surface area contributed by atoms with Gasteiger partial charge in [0.2, 0.25) is 0 Å². The molecule has 0 saturated heterocycles. The van der Waals surface area contributed by atoms with Crippen molar-refractivity contribution in [1.29, 1.82) is 0 Å². The van der Waals surface area contributed by atoms with Gasteiger partial charge in [-0.25, -0.2) is 18.2 Å². The molecule has 0 aliphatic rings. The molecule has 0 atom stereocenters. The maximum atomic E-state index is 13.3. The Morgan fingerprint density at radius 3 is 2.33 bits per heavy atom. The average Bonchev–Trinajstić information content (AvgIpc) is 2.74. The van der Waals surface area contributed by atoms with Crippen molar-refractivity contribution in [1.82, 2.24) is 10.4 Å². The van der Waals surface area contributed by atoms with E-state index >= 15 is 0 Å². The molecular formula is C21H19FN4O3S. The first-order valence-corrected chi connectivity index (χ1v) is 10.4. The van der Waals surface area contributed by atoms with Crippen LogP contribution in [-0.2, 0) is 14.8 Å². The summed E-state index contributed by atoms with van der Waals surface area (Å²) >= 11 is 0. The number of pyridine rings is 1. The smallest absolute Gasteiger partial charge is 0.264 e. The van der Waals surface area contributed by atoms with E-state index in [2.05, 4.69) is 15.5 Å². The maximum Gasteiger partial charge on any atom is 0.264 e. The van der Waals surface area contributed by atoms with Crippen LogP contribution in [0.15, 0.2) is 83.1 Å². The first-order chi connectivity index (χ1) is 14.4. The number of carbonyl (C=O) groups is 1. The zero-order valence-corrected chi connectivity index (χ0v) is 16.9. The topological polar surface area (TPSA) is 91.7 Å². The summed E-state index contributed by atoms with van der Waals surface area (Å²) in [6.07, 6.45) is 4.57. The normalized spacial score (nSPS) is 11.4. The summed E-state index contributed by atoms with van der Waals surface area (Å²) in [5.74, 6) is -1.17. The van der Waals surface area contributed by atoms with Gasteiger partial charge >= 0.3 is 0 Å². The number of aromatic nitrogens is 1. The van der Waals surface area contributed by atoms with Crippen LogP contribution in [0.4, 0.5) is 10.1 Å². The van der Waals surface area contributed by atoms with Crippen LogP contribution < -0.4 is 9.73 Å². The number of halogens is 1. The van der Waals surface area contributed by atoms with Crippen LogP contribution in [-0.4, -0.2) is 32.1 Å². The highest BCUT2D eigenvalue weighted by Gasteiger charge is 2.27. The van der Waals surface area contributed by atoms with Crippen molar-refractivity contribution in [2.24, 2.45) is 5.10 Å². The van der Waals surface area contributed by atoms with E-state index in [1.807, 2.05) is 6.92 Å². The number of hydrogen-bond acceptors (Lipinski definition) is 5. The SMILES string of the molecule is Cc1ccc(S(=O)(=O)N(CC(=O)N/N=C\c2ccncc2)c2ccc(F)cc2)cc1. The number of benzene rings is 2. The standard InChI is InChI=1S/C21H19FN4O3S/c1-16-2-8-20(9-3-16)30(28,29)26(19-6-4-18(22)5-7-19)15-21(27)25-24-14-17-10-12-23-13-11-17/h2-14H,15H2,1H3,(H,25,27)/b24-14-. The van der Waals surface area contributed by atoms with Gasteiger partial charge in [-0.05, 0) is 61.0 Å². The minimum Gasteiger partial charge on any atom is -0.271 e. The quantitative estimate of drug-likeness (QED) is 0.465. The van der Waals surface area contributed by atoms with Crippen LogP contribution in [0.2, 0.25) is 0 Å². The number of aryl methyl sites for hydroxylation is 1. The van der Waals surface area contributed by atoms with Gasteiger partial charge in [0.1, 0.15) is 12.4 Å². The molecule has 1 aromatic heterocycles. The van der Waals surface area contributed by atoms with Crippen molar-refractivity contribution in [2.75, 3.05) is 10.8 Å². The van der Waals surface area contributed by atoms with Crippen LogP contribution in [0.3, 0.4) is 0 Å². The molecule has 9 heteroatoms. The maximum absolute atomic E-state index is 13.3. The molecule has 30 heavy (non-hydrogen) atoms. The number of amides is 1. The Morgan fingerprint density at radius 2 is 1.70 bits per heavy atom. The van der Waals surface area contributed by atoms with Crippen LogP contribution in [0.5, 0.6) is 0 Å². The van der Waals surface area contributed by atoms with E-state index < -0.39 is 28.3 Å². The van der Waals surface area contributed by atoms with Crippen LogP contribution in [0, 0.1) is 12.7 Å². The van der Waals surface area contributed by atoms with E-state index in [1.54, 1.807) is 36.7 Å². The van der Waals surface area contributed by atoms with Gasteiger partial charge in [0, 0.05) is 12.4 Å². The Labute approximate surface area is 173 Å². The molecule has 3 aromatic rings. The molecule has 3 rings (SSSR count). The van der Waals surface area contributed by atoms with Gasteiger partial charge in [-0.1, -0.05) is 17.7 Å². The Bertz CT molecular complexity index is 1130. The lowest BCUT2D eigenvalue weighted by atomic mass is 10.2. The van der Waals surface area contributed by atoms with Gasteiger partial charge in [0.05, 0.1) is 16.8 Å². The highest BCUT2D eigenvalue weighted by molar-refractivity contribution is 7.92. The number of hydrogen-bond donors (Lipinski definition) is 1. The predicted molar refractivity (Wildman–Crippen MR) is 112 cm³/mol. The van der Waals surface area contributed by atoms with Gasteiger partial charge < -0.3 is 0 Å². The second-order valence-electron chi connectivity index (χ2n) is 6.37. The van der Waals surface area contributed by atoms with Crippen molar-refractivity contribution >= 4 is 27.8 Å². The molecule has 0 aliphatic heterocycles. The summed E-state index contributed by atoms with van der Waals surface area (Å²) in [6.45, 7) is 1.30. The molecule has 1 heterocycles. The summed E-state index contributed by atoms with van der Waals surface area (Å²) in [6, 6.07) is 14.5. The van der Waals surface area contributed by atoms with Crippen molar-refractivity contribution in [2.45, 2.75) is 11.8 Å². The second kappa shape index (κ2) is 9.27. The van der Waals surface area contributed by atoms with Crippen LogP contribution >= 0.6 is 0 Å². The molecule has 1 N–H and O–H groups in total. The fourth-order valence-electron chi connectivity index (χ4n) is 2.55. The molecule has 7 nitrogen and oxygen atoms in total. The zero-order valence-electron chi connectivity index (χ0n) is 16.1. The van der Waals surface area contributed by atoms with Gasteiger partial charge in [0.15, 0.2) is 0 Å². The third kappa shape index (κ3) is 5.26. The molecule has 0 aliphatic carbocycles. The van der Waals surface area contributed by atoms with Crippen molar-refractivity contribution < 1.29 is 17.6 Å². The number of sulfonamides is 1. The number of nitrogens with one attached hydrogen (secondary N) is 1. The molecule has 154 valence electrons. The summed E-state index contributed by atoms with van der Waals surface area (Å²) in [5, 5.41) is 3.83. The van der Waals surface area contributed by atoms with E-state index in [0.717, 1.165) is 22.0 Å². The van der Waals surface area contributed by atoms with Crippen molar-refractivity contribution in [3.63, 3.8) is 0 Å². The third-order valence-corrected chi connectivity index (χ3v) is 5.91. The molecule has 0 bridgehead atoms. The minimum absolute atomic E-state index is 0.0190. The average molecular weight is 426 g/mol. The molecule has 1 amide bonds. The summed E-state index contributed by atoms with van der Waals surface area (Å²) < 4.78 is 40.6. The number of rotatable bonds is 7. The Balaban J connectivity index is 1.84. The van der Waals surface area contributed by atoms with Gasteiger partial charge in [-0.15, -0.1) is 0 Å². The van der Waals surface area contributed by atoms with Gasteiger partial charge in [-0.2, -0.15) is 5.10 Å². The minimum atomic E-state index is -4.07. The first-order valence-electron chi connectivity index (χ1n) is 8.93. The van der Waals surface area contributed by atoms with E-state index in [0.29, 0.717) is 5.56 Å². The third-order valence-electron chi connectivity index (χ3n) is 4.12. The number of carbonyl (C=O) groups excluding carboxylic acids is 1. The number of nitrogens with zero attached hydrogens (tertiary/aromatic N) is 3. The Morgan fingerprint density at radius 1 is 1.07 bits per heavy atom. The van der Waals surface area contributed by atoms with Crippen molar-refractivity contribution in [3.8, 4) is 0 Å². The zero-order chi connectivity index (χ0) is 21.6. The molecule has 0 fully saturated rings. The monoisotopic (exact) mass is 426 g/mol. The summed E-state index contributed by atoms with van der Waals surface area (Å²) in [7, 11) is -4.07. The first kappa shape index (κ1) is 21.1. The summed E-state index contributed by atoms with van der Waals surface area (Å²) in [4.78, 5) is 16.3. The lowest BCUT2D eigenvalue weighted by Crippen LogP contribution is -2.39. The molecular weight excluding hydrogens is 407 g/mol. The molecule has 0 saturated carbocycles. The van der Waals surface area contributed by atoms with Gasteiger partial charge in [-0.3, -0.25) is 14.1 Å². The fourth-order valence-corrected chi connectivity index (χ4v) is 3.97. The van der Waals surface area contributed by atoms with Crippen LogP contribution in [0.25, 0.3) is 0 Å².